The fourth-order valence-corrected chi connectivity index (χ4v) is 1.13. The number of nitro groups is 1. The molecular weight excluding hydrogens is 238 g/mol. The van der Waals surface area contributed by atoms with Gasteiger partial charge in [-0.3, -0.25) is 14.9 Å². The van der Waals surface area contributed by atoms with Crippen molar-refractivity contribution in [2.45, 2.75) is 6.92 Å². The molecule has 0 fully saturated rings. The van der Waals surface area contributed by atoms with Crippen LogP contribution in [0.1, 0.15) is 6.92 Å². The smallest absolute Gasteiger partial charge is 0.316 e. The van der Waals surface area contributed by atoms with Gasteiger partial charge in [-0.25, -0.2) is 0 Å². The second-order valence-corrected chi connectivity index (χ2v) is 3.97. The Morgan fingerprint density at radius 1 is 1.67 bits per heavy atom. The number of hydrogen-bond donors (Lipinski definition) is 1. The molecule has 18 heavy (non-hydrogen) atoms. The molecule has 0 aliphatic heterocycles. The third-order valence-electron chi connectivity index (χ3n) is 2.51. The maximum Gasteiger partial charge on any atom is 0.316 e. The first-order valence-corrected chi connectivity index (χ1v) is 5.13. The molecule has 0 amide bonds. The molecule has 1 rings (SSSR count). The number of nitro benzene ring substituents is 1. The van der Waals surface area contributed by atoms with Crippen LogP contribution in [0, 0.1) is 15.5 Å². The summed E-state index contributed by atoms with van der Waals surface area (Å²) in [6, 6.07) is 5.57. The van der Waals surface area contributed by atoms with Crippen LogP contribution in [-0.4, -0.2) is 22.6 Å². The lowest BCUT2D eigenvalue weighted by molar-refractivity contribution is -0.384. The van der Waals surface area contributed by atoms with Gasteiger partial charge in [-0.15, -0.1) is 6.58 Å². The van der Waals surface area contributed by atoms with Gasteiger partial charge in [0.2, 0.25) is 0 Å². The molecule has 1 atom stereocenters. The number of nitrogens with zero attached hydrogens (tertiary/aromatic N) is 1. The van der Waals surface area contributed by atoms with Gasteiger partial charge in [0, 0.05) is 6.07 Å². The zero-order chi connectivity index (χ0) is 13.8. The van der Waals surface area contributed by atoms with E-state index in [1.807, 2.05) is 0 Å². The minimum Gasteiger partial charge on any atom is -0.492 e. The van der Waals surface area contributed by atoms with Crippen molar-refractivity contribution in [3.05, 3.63) is 47.0 Å². The molecule has 0 heterocycles. The Balaban J connectivity index is 2.80. The Bertz CT molecular complexity index is 485. The molecule has 6 heteroatoms. The van der Waals surface area contributed by atoms with E-state index in [2.05, 4.69) is 6.58 Å². The van der Waals surface area contributed by atoms with Gasteiger partial charge in [0.05, 0.1) is 11.0 Å². The number of rotatable bonds is 6. The van der Waals surface area contributed by atoms with Crippen molar-refractivity contribution in [1.29, 1.82) is 0 Å². The summed E-state index contributed by atoms with van der Waals surface area (Å²) in [6.45, 7) is 4.76. The van der Waals surface area contributed by atoms with Crippen LogP contribution >= 0.6 is 0 Å². The molecule has 0 aromatic heterocycles. The minimum absolute atomic E-state index is 0.108. The summed E-state index contributed by atoms with van der Waals surface area (Å²) >= 11 is 0. The first-order chi connectivity index (χ1) is 8.39. The Kier molecular flexibility index (Phi) is 4.04. The molecule has 0 aliphatic carbocycles. The van der Waals surface area contributed by atoms with Gasteiger partial charge in [-0.2, -0.15) is 0 Å². The third-order valence-corrected chi connectivity index (χ3v) is 2.51. The van der Waals surface area contributed by atoms with Crippen molar-refractivity contribution >= 4 is 11.7 Å². The highest BCUT2D eigenvalue weighted by Gasteiger charge is 2.30. The van der Waals surface area contributed by atoms with E-state index in [9.17, 15) is 14.9 Å². The molecule has 96 valence electrons. The average molecular weight is 251 g/mol. The average Bonchev–Trinajstić information content (AvgIpc) is 2.36. The fourth-order valence-electron chi connectivity index (χ4n) is 1.13. The highest BCUT2D eigenvalue weighted by molar-refractivity contribution is 5.76. The molecule has 0 saturated heterocycles. The number of hydrogen-bond acceptors (Lipinski definition) is 4. The Hall–Kier alpha value is -2.37. The van der Waals surface area contributed by atoms with Crippen LogP contribution < -0.4 is 4.74 Å². The zero-order valence-electron chi connectivity index (χ0n) is 9.83. The van der Waals surface area contributed by atoms with Crippen molar-refractivity contribution in [3.63, 3.8) is 0 Å². The maximum absolute atomic E-state index is 11.0. The van der Waals surface area contributed by atoms with Crippen LogP contribution in [0.5, 0.6) is 5.75 Å². The van der Waals surface area contributed by atoms with Gasteiger partial charge in [0.25, 0.3) is 5.69 Å². The van der Waals surface area contributed by atoms with Crippen molar-refractivity contribution in [2.75, 3.05) is 6.61 Å². The Labute approximate surface area is 104 Å². The van der Waals surface area contributed by atoms with Crippen LogP contribution in [0.2, 0.25) is 0 Å². The lowest BCUT2D eigenvalue weighted by Gasteiger charge is -2.20. The molecule has 1 aromatic carbocycles. The van der Waals surface area contributed by atoms with Gasteiger partial charge >= 0.3 is 5.97 Å². The van der Waals surface area contributed by atoms with E-state index < -0.39 is 16.3 Å². The molecular formula is C12H13NO5. The topological polar surface area (TPSA) is 89.7 Å². The van der Waals surface area contributed by atoms with Crippen molar-refractivity contribution in [3.8, 4) is 5.75 Å². The van der Waals surface area contributed by atoms with Gasteiger partial charge in [-0.1, -0.05) is 12.1 Å². The fraction of sp³-hybridized carbons (Fsp3) is 0.250. The van der Waals surface area contributed by atoms with Crippen LogP contribution in [0.4, 0.5) is 5.69 Å². The van der Waals surface area contributed by atoms with E-state index in [1.54, 1.807) is 0 Å². The van der Waals surface area contributed by atoms with E-state index in [-0.39, 0.29) is 18.0 Å². The first-order valence-electron chi connectivity index (χ1n) is 5.13. The van der Waals surface area contributed by atoms with Crippen molar-refractivity contribution in [1.82, 2.24) is 0 Å². The number of carboxylic acid groups (broad SMARTS) is 1. The molecule has 1 unspecified atom stereocenters. The maximum atomic E-state index is 11.0. The molecule has 0 aliphatic rings. The number of carbonyl (C=O) groups is 1. The number of ether oxygens (including phenoxy) is 1. The van der Waals surface area contributed by atoms with E-state index in [0.717, 1.165) is 0 Å². The molecule has 0 saturated carbocycles. The lowest BCUT2D eigenvalue weighted by Crippen LogP contribution is -2.31. The summed E-state index contributed by atoms with van der Waals surface area (Å²) in [6.07, 6.45) is 1.27. The number of benzene rings is 1. The highest BCUT2D eigenvalue weighted by atomic mass is 16.6. The van der Waals surface area contributed by atoms with Crippen LogP contribution in [-0.2, 0) is 4.79 Å². The summed E-state index contributed by atoms with van der Waals surface area (Å²) in [7, 11) is 0. The molecule has 0 spiro atoms. The van der Waals surface area contributed by atoms with Crippen molar-refractivity contribution < 1.29 is 19.6 Å². The van der Waals surface area contributed by atoms with Gasteiger partial charge in [-0.05, 0) is 13.0 Å². The number of aliphatic carboxylic acids is 1. The quantitative estimate of drug-likeness (QED) is 0.475. The second kappa shape index (κ2) is 5.31. The third kappa shape index (κ3) is 3.07. The summed E-state index contributed by atoms with van der Waals surface area (Å²) in [5.41, 5.74) is -1.34. The second-order valence-electron chi connectivity index (χ2n) is 3.97. The summed E-state index contributed by atoms with van der Waals surface area (Å²) in [4.78, 5) is 21.0. The molecule has 1 N–H and O–H groups in total. The monoisotopic (exact) mass is 251 g/mol. The zero-order valence-corrected chi connectivity index (χ0v) is 9.83. The van der Waals surface area contributed by atoms with Crippen molar-refractivity contribution in [2.24, 2.45) is 5.41 Å². The molecule has 1 aromatic rings. The van der Waals surface area contributed by atoms with Gasteiger partial charge in [0.15, 0.2) is 0 Å². The van der Waals surface area contributed by atoms with Crippen LogP contribution in [0.25, 0.3) is 0 Å². The summed E-state index contributed by atoms with van der Waals surface area (Å²) < 4.78 is 5.26. The first kappa shape index (κ1) is 13.7. The molecule has 0 bridgehead atoms. The normalized spacial score (nSPS) is 13.4. The highest BCUT2D eigenvalue weighted by Crippen LogP contribution is 2.23. The van der Waals surface area contributed by atoms with E-state index in [0.29, 0.717) is 0 Å². The Morgan fingerprint density at radius 2 is 2.33 bits per heavy atom. The van der Waals surface area contributed by atoms with Crippen LogP contribution in [0.3, 0.4) is 0 Å². The summed E-state index contributed by atoms with van der Waals surface area (Å²) in [5.74, 6) is -0.818. The van der Waals surface area contributed by atoms with Gasteiger partial charge < -0.3 is 9.84 Å². The standard InChI is InChI=1S/C12H13NO5/c1-3-12(2,11(14)15)8-18-10-6-4-5-9(7-10)13(16)17/h3-7H,1,8H2,2H3,(H,14,15). The minimum atomic E-state index is -1.23. The van der Waals surface area contributed by atoms with Gasteiger partial charge in [0.1, 0.15) is 17.8 Å². The summed E-state index contributed by atoms with van der Waals surface area (Å²) in [5, 5.41) is 19.6. The molecule has 0 radical (unpaired) electrons. The lowest BCUT2D eigenvalue weighted by atomic mass is 9.92. The predicted octanol–water partition coefficient (Wildman–Crippen LogP) is 2.25. The van der Waals surface area contributed by atoms with E-state index in [1.165, 1.54) is 37.3 Å². The van der Waals surface area contributed by atoms with Crippen LogP contribution in [0.15, 0.2) is 36.9 Å². The van der Waals surface area contributed by atoms with E-state index in [4.69, 9.17) is 9.84 Å². The SMILES string of the molecule is C=CC(C)(COc1cccc([N+](=O)[O-])c1)C(=O)O. The number of carboxylic acids is 1. The largest absolute Gasteiger partial charge is 0.492 e. The van der Waals surface area contributed by atoms with E-state index >= 15 is 0 Å². The Morgan fingerprint density at radius 3 is 2.83 bits per heavy atom. The number of non-ortho nitro benzene ring substituents is 1. The molecule has 6 nitrogen and oxygen atoms in total. The predicted molar refractivity (Wildman–Crippen MR) is 64.5 cm³/mol.